The van der Waals surface area contributed by atoms with Gasteiger partial charge in [-0.1, -0.05) is 0 Å². The monoisotopic (exact) mass is 563 g/mol. The summed E-state index contributed by atoms with van der Waals surface area (Å²) in [7, 11) is 1.57. The van der Waals surface area contributed by atoms with Gasteiger partial charge in [-0.2, -0.15) is 0 Å². The van der Waals surface area contributed by atoms with Crippen molar-refractivity contribution in [2.75, 3.05) is 32.5 Å². The fraction of sp³-hybridized carbons (Fsp3) is 0.429. The van der Waals surface area contributed by atoms with Gasteiger partial charge in [-0.3, -0.25) is 15.0 Å². The molecule has 0 saturated carbocycles. The molecule has 1 saturated heterocycles. The van der Waals surface area contributed by atoms with Crippen LogP contribution in [-0.2, 0) is 4.79 Å². The number of methoxy groups -OCH3 is 1. The molecule has 0 bridgehead atoms. The molecule has 39 heavy (non-hydrogen) atoms. The van der Waals surface area contributed by atoms with Gasteiger partial charge in [-0.25, -0.2) is 18.7 Å². The molecule has 2 heterocycles. The maximum absolute atomic E-state index is 13.9. The second-order valence-electron chi connectivity index (χ2n) is 9.90. The molecule has 4 rings (SSSR count). The number of nitrogens with one attached hydrogen (secondary N) is 1. The third-order valence-corrected chi connectivity index (χ3v) is 8.56. The van der Waals surface area contributed by atoms with Crippen LogP contribution in [0.15, 0.2) is 41.4 Å². The van der Waals surface area contributed by atoms with Gasteiger partial charge in [0.15, 0.2) is 11.6 Å². The Bertz CT molecular complexity index is 1340. The Morgan fingerprint density at radius 1 is 1.23 bits per heavy atom. The normalized spacial score (nSPS) is 16.3. The molecule has 1 aromatic heterocycles. The van der Waals surface area contributed by atoms with Crippen molar-refractivity contribution in [3.63, 3.8) is 0 Å². The van der Waals surface area contributed by atoms with E-state index in [0.717, 1.165) is 39.9 Å². The first-order chi connectivity index (χ1) is 18.7. The van der Waals surface area contributed by atoms with E-state index in [1.807, 2.05) is 24.5 Å². The molecule has 1 aliphatic rings. The van der Waals surface area contributed by atoms with Crippen LogP contribution in [0.5, 0.6) is 5.75 Å². The van der Waals surface area contributed by atoms with Gasteiger partial charge in [-0.05, 0) is 81.1 Å². The smallest absolute Gasteiger partial charge is 0.249 e. The second-order valence-corrected chi connectivity index (χ2v) is 11.0. The first kappa shape index (κ1) is 29.1. The molecular formula is C28H32F3N3O4S. The zero-order valence-electron chi connectivity index (χ0n) is 21.8. The average Bonchev–Trinajstić information content (AvgIpc) is 2.94. The van der Waals surface area contributed by atoms with Crippen LogP contribution in [0.2, 0.25) is 0 Å². The van der Waals surface area contributed by atoms with Crippen LogP contribution in [0.4, 0.5) is 13.2 Å². The standard InChI is InChI=1S/C28H32F3N3O4S/c1-17-16-32-22-4-3-19(38-2)15-20(22)25(17)23(35)5-6-28(27(36)33-37)7-9-34(10-8-28)11-12-39-24-14-18(29)13-21(30)26(24)31/h3-4,13-16,23,35,37H,5-12H2,1-2H3,(H,33,36). The lowest BCUT2D eigenvalue weighted by molar-refractivity contribution is -0.143. The van der Waals surface area contributed by atoms with Crippen molar-refractivity contribution in [1.29, 1.82) is 0 Å². The Morgan fingerprint density at radius 2 is 1.97 bits per heavy atom. The average molecular weight is 564 g/mol. The van der Waals surface area contributed by atoms with Gasteiger partial charge in [-0.15, -0.1) is 11.8 Å². The molecule has 3 aromatic rings. The summed E-state index contributed by atoms with van der Waals surface area (Å²) >= 11 is 1.03. The highest BCUT2D eigenvalue weighted by atomic mass is 32.2. The molecule has 0 aliphatic carbocycles. The Kier molecular flexibility index (Phi) is 9.37. The molecule has 0 radical (unpaired) electrons. The Hall–Kier alpha value is -2.86. The van der Waals surface area contributed by atoms with E-state index < -0.39 is 34.9 Å². The number of carbonyl (C=O) groups is 1. The Balaban J connectivity index is 1.40. The number of carbonyl (C=O) groups excluding carboxylic acids is 1. The molecule has 1 aliphatic heterocycles. The van der Waals surface area contributed by atoms with E-state index in [9.17, 15) is 28.3 Å². The molecule has 1 amide bonds. The lowest BCUT2D eigenvalue weighted by Gasteiger charge is -2.40. The van der Waals surface area contributed by atoms with Crippen molar-refractivity contribution in [3.05, 3.63) is 65.1 Å². The van der Waals surface area contributed by atoms with Gasteiger partial charge in [0.05, 0.1) is 24.1 Å². The van der Waals surface area contributed by atoms with Crippen LogP contribution >= 0.6 is 11.8 Å². The second kappa shape index (κ2) is 12.5. The maximum Gasteiger partial charge on any atom is 0.249 e. The van der Waals surface area contributed by atoms with E-state index in [-0.39, 0.29) is 4.90 Å². The van der Waals surface area contributed by atoms with Gasteiger partial charge >= 0.3 is 0 Å². The number of aryl methyl sites for hydroxylation is 1. The molecule has 0 spiro atoms. The quantitative estimate of drug-likeness (QED) is 0.136. The predicted octanol–water partition coefficient (Wildman–Crippen LogP) is 5.16. The number of likely N-dealkylation sites (tertiary alicyclic amines) is 1. The predicted molar refractivity (Wildman–Crippen MR) is 142 cm³/mol. The zero-order valence-corrected chi connectivity index (χ0v) is 22.7. The minimum Gasteiger partial charge on any atom is -0.497 e. The number of aliphatic hydroxyl groups is 1. The molecular weight excluding hydrogens is 531 g/mol. The molecule has 1 unspecified atom stereocenters. The van der Waals surface area contributed by atoms with Crippen molar-refractivity contribution < 1.29 is 33.0 Å². The van der Waals surface area contributed by atoms with Crippen molar-refractivity contribution in [3.8, 4) is 5.75 Å². The number of aromatic nitrogens is 1. The van der Waals surface area contributed by atoms with Gasteiger partial charge in [0.1, 0.15) is 11.6 Å². The topological polar surface area (TPSA) is 94.9 Å². The summed E-state index contributed by atoms with van der Waals surface area (Å²) in [5.41, 5.74) is 3.22. The third kappa shape index (κ3) is 6.49. The summed E-state index contributed by atoms with van der Waals surface area (Å²) in [5, 5.41) is 21.5. The highest BCUT2D eigenvalue weighted by molar-refractivity contribution is 7.99. The summed E-state index contributed by atoms with van der Waals surface area (Å²) in [6.45, 7) is 3.49. The number of fused-ring (bicyclic) bond motifs is 1. The molecule has 2 aromatic carbocycles. The first-order valence-corrected chi connectivity index (χ1v) is 13.7. The number of aliphatic hydroxyl groups excluding tert-OH is 1. The lowest BCUT2D eigenvalue weighted by Crippen LogP contribution is -2.48. The van der Waals surface area contributed by atoms with Gasteiger partial charge in [0.2, 0.25) is 5.91 Å². The highest BCUT2D eigenvalue weighted by Gasteiger charge is 2.41. The summed E-state index contributed by atoms with van der Waals surface area (Å²) < 4.78 is 46.2. The fourth-order valence-electron chi connectivity index (χ4n) is 5.25. The van der Waals surface area contributed by atoms with E-state index in [2.05, 4.69) is 9.88 Å². The molecule has 210 valence electrons. The minimum atomic E-state index is -1.22. The number of hydroxylamine groups is 1. The van der Waals surface area contributed by atoms with Crippen LogP contribution in [0.3, 0.4) is 0 Å². The SMILES string of the molecule is COc1ccc2ncc(C)c(C(O)CCC3(C(=O)NO)CCN(CCSc4cc(F)cc(F)c4F)CC3)c2c1. The number of rotatable bonds is 10. The van der Waals surface area contributed by atoms with E-state index in [0.29, 0.717) is 62.9 Å². The summed E-state index contributed by atoms with van der Waals surface area (Å²) in [6, 6.07) is 6.97. The first-order valence-electron chi connectivity index (χ1n) is 12.7. The molecule has 1 atom stereocenters. The molecule has 7 nitrogen and oxygen atoms in total. The highest BCUT2D eigenvalue weighted by Crippen LogP contribution is 2.40. The van der Waals surface area contributed by atoms with Crippen molar-refractivity contribution in [2.45, 2.75) is 43.6 Å². The number of ether oxygens (including phenoxy) is 1. The van der Waals surface area contributed by atoms with Crippen molar-refractivity contribution >= 4 is 28.6 Å². The number of hydrogen-bond donors (Lipinski definition) is 3. The number of nitrogens with zero attached hydrogens (tertiary/aromatic N) is 2. The summed E-state index contributed by atoms with van der Waals surface area (Å²) in [6.07, 6.45) is 2.40. The number of piperidine rings is 1. The number of amides is 1. The zero-order chi connectivity index (χ0) is 28.2. The fourth-order valence-corrected chi connectivity index (χ4v) is 6.24. The number of benzene rings is 2. The van der Waals surface area contributed by atoms with Crippen LogP contribution in [0, 0.1) is 29.8 Å². The summed E-state index contributed by atoms with van der Waals surface area (Å²) in [5.74, 6) is -2.53. The minimum absolute atomic E-state index is 0.0796. The third-order valence-electron chi connectivity index (χ3n) is 7.57. The van der Waals surface area contributed by atoms with Crippen LogP contribution in [-0.4, -0.2) is 58.6 Å². The number of halogens is 3. The largest absolute Gasteiger partial charge is 0.497 e. The molecule has 11 heteroatoms. The lowest BCUT2D eigenvalue weighted by atomic mass is 9.73. The van der Waals surface area contributed by atoms with E-state index in [1.165, 1.54) is 0 Å². The molecule has 1 fully saturated rings. The van der Waals surface area contributed by atoms with Crippen LogP contribution in [0.25, 0.3) is 10.9 Å². The van der Waals surface area contributed by atoms with Gasteiger partial charge < -0.3 is 14.7 Å². The van der Waals surface area contributed by atoms with Crippen LogP contribution in [0.1, 0.15) is 42.9 Å². The van der Waals surface area contributed by atoms with Crippen molar-refractivity contribution in [1.82, 2.24) is 15.4 Å². The van der Waals surface area contributed by atoms with E-state index in [4.69, 9.17) is 4.74 Å². The Labute approximate surface area is 229 Å². The number of hydrogen-bond acceptors (Lipinski definition) is 7. The number of thioether (sulfide) groups is 1. The van der Waals surface area contributed by atoms with E-state index >= 15 is 0 Å². The van der Waals surface area contributed by atoms with Gasteiger partial charge in [0.25, 0.3) is 0 Å². The van der Waals surface area contributed by atoms with E-state index in [1.54, 1.807) is 19.4 Å². The Morgan fingerprint density at radius 3 is 2.67 bits per heavy atom. The number of pyridine rings is 1. The molecule has 3 N–H and O–H groups in total. The summed E-state index contributed by atoms with van der Waals surface area (Å²) in [4.78, 5) is 19.3. The van der Waals surface area contributed by atoms with Crippen LogP contribution < -0.4 is 10.2 Å². The van der Waals surface area contributed by atoms with Gasteiger partial charge in [0, 0.05) is 34.8 Å². The van der Waals surface area contributed by atoms with Crippen molar-refractivity contribution in [2.24, 2.45) is 5.41 Å². The maximum atomic E-state index is 13.9.